The first-order chi connectivity index (χ1) is 17.3. The van der Waals surface area contributed by atoms with Gasteiger partial charge in [-0.05, 0) is 42.1 Å². The van der Waals surface area contributed by atoms with Crippen LogP contribution in [0.1, 0.15) is 63.9 Å². The molecule has 1 aromatic carbocycles. The number of carbonyl (C=O) groups is 3. The number of primary amides is 1. The van der Waals surface area contributed by atoms with Crippen molar-refractivity contribution < 1.29 is 28.6 Å². The highest BCUT2D eigenvalue weighted by Crippen LogP contribution is 2.34. The smallest absolute Gasteiger partial charge is 0.270 e. The molecular formula is C24H33N5O6S. The molecule has 1 aromatic heterocycles. The average molecular weight is 520 g/mol. The minimum absolute atomic E-state index is 0.0169. The summed E-state index contributed by atoms with van der Waals surface area (Å²) in [5.74, 6) is -0.833. The summed E-state index contributed by atoms with van der Waals surface area (Å²) in [6, 6.07) is 4.04. The highest BCUT2D eigenvalue weighted by Gasteiger charge is 2.36. The number of hydrogen-bond acceptors (Lipinski definition) is 9. The van der Waals surface area contributed by atoms with Gasteiger partial charge in [-0.1, -0.05) is 25.3 Å². The van der Waals surface area contributed by atoms with Crippen LogP contribution in [0.15, 0.2) is 18.2 Å². The molecular weight excluding hydrogens is 486 g/mol. The normalized spacial score (nSPS) is 14.6. The molecule has 196 valence electrons. The first kappa shape index (κ1) is 27.2. The van der Waals surface area contributed by atoms with Crippen molar-refractivity contribution in [3.8, 4) is 11.5 Å². The van der Waals surface area contributed by atoms with Gasteiger partial charge in [-0.25, -0.2) is 0 Å². The lowest BCUT2D eigenvalue weighted by Crippen LogP contribution is -2.48. The van der Waals surface area contributed by atoms with Gasteiger partial charge in [0, 0.05) is 19.7 Å². The Bertz CT molecular complexity index is 1080. The van der Waals surface area contributed by atoms with Gasteiger partial charge in [-0.15, -0.1) is 0 Å². The van der Waals surface area contributed by atoms with Crippen LogP contribution in [0.4, 0.5) is 5.69 Å². The van der Waals surface area contributed by atoms with E-state index in [1.807, 2.05) is 0 Å². The number of rotatable bonds is 11. The van der Waals surface area contributed by atoms with Crippen molar-refractivity contribution in [2.45, 2.75) is 44.2 Å². The molecule has 0 unspecified atom stereocenters. The molecule has 1 fully saturated rings. The van der Waals surface area contributed by atoms with Crippen LogP contribution in [0.25, 0.3) is 0 Å². The second kappa shape index (κ2) is 12.5. The molecule has 1 atom stereocenters. The summed E-state index contributed by atoms with van der Waals surface area (Å²) in [6.45, 7) is 0.239. The highest BCUT2D eigenvalue weighted by molar-refractivity contribution is 7.09. The van der Waals surface area contributed by atoms with Gasteiger partial charge in [0.15, 0.2) is 17.2 Å². The lowest BCUT2D eigenvalue weighted by molar-refractivity contribution is -0.127. The number of benzene rings is 1. The molecule has 0 bridgehead atoms. The van der Waals surface area contributed by atoms with Crippen LogP contribution in [0.3, 0.4) is 0 Å². The molecule has 3 amide bonds. The number of nitrogen functional groups attached to an aromatic ring is 1. The molecule has 12 heteroatoms. The monoisotopic (exact) mass is 519 g/mol. The van der Waals surface area contributed by atoms with Gasteiger partial charge in [0.2, 0.25) is 5.91 Å². The zero-order valence-electron chi connectivity index (χ0n) is 20.7. The zero-order chi connectivity index (χ0) is 26.2. The maximum Gasteiger partial charge on any atom is 0.270 e. The number of nitrogens with one attached hydrogen (secondary N) is 1. The van der Waals surface area contributed by atoms with E-state index in [1.54, 1.807) is 18.2 Å². The van der Waals surface area contributed by atoms with Crippen molar-refractivity contribution in [3.05, 3.63) is 34.3 Å². The molecule has 0 radical (unpaired) electrons. The maximum atomic E-state index is 13.8. The largest absolute Gasteiger partial charge is 0.493 e. The molecule has 0 spiro atoms. The second-order valence-electron chi connectivity index (χ2n) is 8.49. The van der Waals surface area contributed by atoms with Crippen LogP contribution in [0, 0.1) is 0 Å². The van der Waals surface area contributed by atoms with Gasteiger partial charge >= 0.3 is 0 Å². The molecule has 1 aliphatic rings. The third kappa shape index (κ3) is 6.05. The SMILES string of the molecule is COCCN(C(=O)c1snc(C(N)=O)c1N)[C@H](C(=O)NC1CCCCC1)c1ccc(OC)c(OC)c1. The van der Waals surface area contributed by atoms with Crippen LogP contribution < -0.4 is 26.3 Å². The molecule has 0 aliphatic heterocycles. The van der Waals surface area contributed by atoms with E-state index in [0.717, 1.165) is 43.6 Å². The van der Waals surface area contributed by atoms with Crippen molar-refractivity contribution in [3.63, 3.8) is 0 Å². The molecule has 11 nitrogen and oxygen atoms in total. The van der Waals surface area contributed by atoms with Crippen LogP contribution in [0.5, 0.6) is 11.5 Å². The lowest BCUT2D eigenvalue weighted by atomic mass is 9.94. The minimum atomic E-state index is -1.03. The number of hydrogen-bond donors (Lipinski definition) is 3. The Morgan fingerprint density at radius 2 is 1.83 bits per heavy atom. The van der Waals surface area contributed by atoms with E-state index in [9.17, 15) is 14.4 Å². The maximum absolute atomic E-state index is 13.8. The Morgan fingerprint density at radius 3 is 2.42 bits per heavy atom. The summed E-state index contributed by atoms with van der Waals surface area (Å²) < 4.78 is 20.0. The van der Waals surface area contributed by atoms with Crippen LogP contribution in [-0.4, -0.2) is 67.5 Å². The number of methoxy groups -OCH3 is 3. The number of carbonyl (C=O) groups excluding carboxylic acids is 3. The lowest BCUT2D eigenvalue weighted by Gasteiger charge is -2.33. The molecule has 1 heterocycles. The molecule has 1 saturated carbocycles. The van der Waals surface area contributed by atoms with Gasteiger partial charge in [-0.2, -0.15) is 4.37 Å². The predicted octanol–water partition coefficient (Wildman–Crippen LogP) is 2.12. The van der Waals surface area contributed by atoms with Crippen molar-refractivity contribution in [2.75, 3.05) is 40.2 Å². The Hall–Kier alpha value is -3.38. The van der Waals surface area contributed by atoms with E-state index in [0.29, 0.717) is 17.1 Å². The third-order valence-electron chi connectivity index (χ3n) is 6.19. The fourth-order valence-corrected chi connectivity index (χ4v) is 5.08. The van der Waals surface area contributed by atoms with Gasteiger partial charge in [0.05, 0.1) is 26.5 Å². The molecule has 36 heavy (non-hydrogen) atoms. The minimum Gasteiger partial charge on any atom is -0.493 e. The van der Waals surface area contributed by atoms with E-state index in [2.05, 4.69) is 9.69 Å². The van der Waals surface area contributed by atoms with Crippen LogP contribution in [0.2, 0.25) is 0 Å². The second-order valence-corrected chi connectivity index (χ2v) is 9.26. The van der Waals surface area contributed by atoms with E-state index in [1.165, 1.54) is 26.2 Å². The predicted molar refractivity (Wildman–Crippen MR) is 135 cm³/mol. The first-order valence-electron chi connectivity index (χ1n) is 11.7. The molecule has 3 rings (SSSR count). The number of aromatic nitrogens is 1. The molecule has 1 aliphatic carbocycles. The fourth-order valence-electron chi connectivity index (χ4n) is 4.32. The van der Waals surface area contributed by atoms with Crippen molar-refractivity contribution >= 4 is 34.9 Å². The summed E-state index contributed by atoms with van der Waals surface area (Å²) in [6.07, 6.45) is 4.95. The molecule has 2 aromatic rings. The van der Waals surface area contributed by atoms with E-state index < -0.39 is 17.9 Å². The fraction of sp³-hybridized carbons (Fsp3) is 0.500. The number of amides is 3. The van der Waals surface area contributed by atoms with Crippen molar-refractivity contribution in [1.82, 2.24) is 14.6 Å². The Kier molecular flexibility index (Phi) is 9.48. The molecule has 5 N–H and O–H groups in total. The van der Waals surface area contributed by atoms with Crippen LogP contribution >= 0.6 is 11.5 Å². The standard InChI is InChI=1S/C24H33N5O6S/c1-33-12-11-29(24(32)21-18(25)19(22(26)30)28-36-21)20(23(31)27-15-7-5-4-6-8-15)14-9-10-16(34-2)17(13-14)35-3/h9-10,13,15,20H,4-8,11-12,25H2,1-3H3,(H2,26,30)(H,27,31)/t20-/m0/s1. The van der Waals surface area contributed by atoms with Crippen molar-refractivity contribution in [1.29, 1.82) is 0 Å². The van der Waals surface area contributed by atoms with E-state index >= 15 is 0 Å². The Balaban J connectivity index is 2.07. The zero-order valence-corrected chi connectivity index (χ0v) is 21.6. The topological polar surface area (TPSA) is 159 Å². The summed E-state index contributed by atoms with van der Waals surface area (Å²) in [5.41, 5.74) is 11.6. The Labute approximate surface area is 214 Å². The quantitative estimate of drug-likeness (QED) is 0.407. The number of anilines is 1. The number of ether oxygens (including phenoxy) is 3. The van der Waals surface area contributed by atoms with Crippen molar-refractivity contribution in [2.24, 2.45) is 5.73 Å². The number of nitrogens with zero attached hydrogens (tertiary/aromatic N) is 2. The summed E-state index contributed by atoms with van der Waals surface area (Å²) >= 11 is 0.764. The van der Waals surface area contributed by atoms with E-state index in [-0.39, 0.29) is 41.4 Å². The van der Waals surface area contributed by atoms with Gasteiger partial charge < -0.3 is 35.9 Å². The first-order valence-corrected chi connectivity index (χ1v) is 12.5. The summed E-state index contributed by atoms with van der Waals surface area (Å²) in [4.78, 5) is 40.6. The highest BCUT2D eigenvalue weighted by atomic mass is 32.1. The number of nitrogens with two attached hydrogens (primary N) is 2. The molecule has 0 saturated heterocycles. The van der Waals surface area contributed by atoms with Gasteiger partial charge in [0.25, 0.3) is 11.8 Å². The third-order valence-corrected chi connectivity index (χ3v) is 7.04. The van der Waals surface area contributed by atoms with Gasteiger partial charge in [0.1, 0.15) is 10.9 Å². The summed E-state index contributed by atoms with van der Waals surface area (Å²) in [5, 5.41) is 3.12. The van der Waals surface area contributed by atoms with Crippen LogP contribution in [-0.2, 0) is 9.53 Å². The summed E-state index contributed by atoms with van der Waals surface area (Å²) in [7, 11) is 4.51. The Morgan fingerprint density at radius 1 is 1.14 bits per heavy atom. The van der Waals surface area contributed by atoms with Gasteiger partial charge in [-0.3, -0.25) is 14.4 Å². The van der Waals surface area contributed by atoms with E-state index in [4.69, 9.17) is 25.7 Å². The average Bonchev–Trinajstić information content (AvgIpc) is 3.27.